The molecule has 25 heavy (non-hydrogen) atoms. The third-order valence-corrected chi connectivity index (χ3v) is 5.71. The van der Waals surface area contributed by atoms with Crippen LogP contribution >= 0.6 is 0 Å². The number of amides is 2. The van der Waals surface area contributed by atoms with Gasteiger partial charge in [-0.2, -0.15) is 0 Å². The normalized spacial score (nSPS) is 23.9. The summed E-state index contributed by atoms with van der Waals surface area (Å²) in [6.45, 7) is 2.19. The molecule has 3 fully saturated rings. The first kappa shape index (κ1) is 16.3. The van der Waals surface area contributed by atoms with Crippen LogP contribution in [0.15, 0.2) is 6.33 Å². The predicted octanol–water partition coefficient (Wildman–Crippen LogP) is 0.819. The lowest BCUT2D eigenvalue weighted by molar-refractivity contribution is -0.133. The van der Waals surface area contributed by atoms with Gasteiger partial charge in [0.05, 0.1) is 6.54 Å². The highest BCUT2D eigenvalue weighted by Crippen LogP contribution is 2.38. The highest BCUT2D eigenvalue weighted by Gasteiger charge is 2.48. The van der Waals surface area contributed by atoms with E-state index < -0.39 is 0 Å². The van der Waals surface area contributed by atoms with E-state index >= 15 is 0 Å². The molecule has 1 aromatic heterocycles. The second-order valence-corrected chi connectivity index (χ2v) is 7.36. The number of likely N-dealkylation sites (tertiary alicyclic amines) is 1. The van der Waals surface area contributed by atoms with Crippen molar-refractivity contribution < 1.29 is 14.3 Å². The summed E-state index contributed by atoms with van der Waals surface area (Å²) >= 11 is 0. The lowest BCUT2D eigenvalue weighted by atomic mass is 9.84. The van der Waals surface area contributed by atoms with Crippen LogP contribution in [-0.4, -0.2) is 73.3 Å². The summed E-state index contributed by atoms with van der Waals surface area (Å²) in [5, 5.41) is 10.8. The third-order valence-electron chi connectivity index (χ3n) is 5.71. The largest absolute Gasteiger partial charge is 0.441 e. The Kier molecular flexibility index (Phi) is 4.30. The second-order valence-electron chi connectivity index (χ2n) is 7.36. The van der Waals surface area contributed by atoms with E-state index in [9.17, 15) is 9.59 Å². The lowest BCUT2D eigenvalue weighted by Crippen LogP contribution is -2.48. The fraction of sp³-hybridized carbons (Fsp3) is 0.812. The van der Waals surface area contributed by atoms with Gasteiger partial charge < -0.3 is 14.5 Å². The topological polar surface area (TPSA) is 93.5 Å². The zero-order valence-electron chi connectivity index (χ0n) is 14.3. The van der Waals surface area contributed by atoms with Crippen molar-refractivity contribution in [3.05, 3.63) is 6.33 Å². The Morgan fingerprint density at radius 1 is 1.24 bits per heavy atom. The maximum Gasteiger partial charge on any atom is 0.410 e. The Bertz CT molecular complexity index is 620. The van der Waals surface area contributed by atoms with Gasteiger partial charge in [0.1, 0.15) is 18.5 Å². The molecule has 9 heteroatoms. The molecule has 136 valence electrons. The number of aromatic nitrogens is 4. The van der Waals surface area contributed by atoms with Gasteiger partial charge in [-0.15, -0.1) is 5.10 Å². The molecular weight excluding hydrogens is 324 g/mol. The van der Waals surface area contributed by atoms with Crippen molar-refractivity contribution in [1.82, 2.24) is 30.0 Å². The van der Waals surface area contributed by atoms with Crippen LogP contribution in [0.1, 0.15) is 44.9 Å². The Labute approximate surface area is 146 Å². The van der Waals surface area contributed by atoms with Crippen LogP contribution in [0.2, 0.25) is 0 Å². The number of hydrogen-bond acceptors (Lipinski definition) is 6. The first-order chi connectivity index (χ1) is 12.2. The van der Waals surface area contributed by atoms with Crippen molar-refractivity contribution >= 4 is 12.0 Å². The fourth-order valence-electron chi connectivity index (χ4n) is 4.30. The number of hydrogen-bond donors (Lipinski definition) is 0. The van der Waals surface area contributed by atoms with Crippen LogP contribution in [-0.2, 0) is 16.1 Å². The molecule has 1 saturated carbocycles. The summed E-state index contributed by atoms with van der Waals surface area (Å²) in [5.74, 6) is 0.0125. The minimum Gasteiger partial charge on any atom is -0.441 e. The van der Waals surface area contributed by atoms with Gasteiger partial charge in [0, 0.05) is 19.1 Å². The number of carbonyl (C=O) groups excluding carboxylic acids is 2. The average Bonchev–Trinajstić information content (AvgIpc) is 3.24. The SMILES string of the molecule is O=C(Cn1cnnn1)N1CCC(N2CC3(CCCCC3)OC2=O)CC1. The molecule has 1 spiro atoms. The molecule has 2 saturated heterocycles. The van der Waals surface area contributed by atoms with E-state index in [1.165, 1.54) is 17.4 Å². The zero-order valence-corrected chi connectivity index (χ0v) is 14.3. The summed E-state index contributed by atoms with van der Waals surface area (Å²) < 4.78 is 7.21. The van der Waals surface area contributed by atoms with E-state index in [2.05, 4.69) is 15.5 Å². The Morgan fingerprint density at radius 3 is 2.68 bits per heavy atom. The van der Waals surface area contributed by atoms with Crippen LogP contribution in [0.4, 0.5) is 4.79 Å². The summed E-state index contributed by atoms with van der Waals surface area (Å²) in [7, 11) is 0. The smallest absolute Gasteiger partial charge is 0.410 e. The number of carbonyl (C=O) groups is 2. The van der Waals surface area contributed by atoms with E-state index in [1.54, 1.807) is 0 Å². The van der Waals surface area contributed by atoms with E-state index in [0.717, 1.165) is 45.1 Å². The van der Waals surface area contributed by atoms with Crippen LogP contribution in [0.5, 0.6) is 0 Å². The molecule has 0 radical (unpaired) electrons. The summed E-state index contributed by atoms with van der Waals surface area (Å²) in [5.41, 5.74) is -0.248. The quantitative estimate of drug-likeness (QED) is 0.803. The van der Waals surface area contributed by atoms with E-state index in [0.29, 0.717) is 13.1 Å². The van der Waals surface area contributed by atoms with Crippen molar-refractivity contribution in [3.8, 4) is 0 Å². The number of nitrogens with zero attached hydrogens (tertiary/aromatic N) is 6. The lowest BCUT2D eigenvalue weighted by Gasteiger charge is -2.36. The molecule has 0 N–H and O–H groups in total. The van der Waals surface area contributed by atoms with Gasteiger partial charge in [-0.1, -0.05) is 6.42 Å². The van der Waals surface area contributed by atoms with Crippen LogP contribution in [0.3, 0.4) is 0 Å². The van der Waals surface area contributed by atoms with Crippen LogP contribution in [0, 0.1) is 0 Å². The van der Waals surface area contributed by atoms with E-state index in [4.69, 9.17) is 4.74 Å². The van der Waals surface area contributed by atoms with Crippen molar-refractivity contribution in [2.24, 2.45) is 0 Å². The highest BCUT2D eigenvalue weighted by molar-refractivity contribution is 5.76. The minimum atomic E-state index is -0.248. The standard InChI is InChI=1S/C16H24N6O3/c23-14(10-21-12-17-18-19-21)20-8-4-13(5-9-20)22-11-16(25-15(22)24)6-2-1-3-7-16/h12-13H,1-11H2. The first-order valence-electron chi connectivity index (χ1n) is 9.13. The molecule has 1 aliphatic carbocycles. The van der Waals surface area contributed by atoms with Crippen molar-refractivity contribution in [2.45, 2.75) is 63.1 Å². The molecule has 0 unspecified atom stereocenters. The van der Waals surface area contributed by atoms with Gasteiger partial charge in [0.2, 0.25) is 5.91 Å². The second kappa shape index (κ2) is 6.61. The van der Waals surface area contributed by atoms with Crippen molar-refractivity contribution in [2.75, 3.05) is 19.6 Å². The number of piperidine rings is 1. The molecule has 3 heterocycles. The molecule has 2 aliphatic heterocycles. The van der Waals surface area contributed by atoms with Gasteiger partial charge in [0.25, 0.3) is 0 Å². The Balaban J connectivity index is 1.31. The van der Waals surface area contributed by atoms with Crippen molar-refractivity contribution in [1.29, 1.82) is 0 Å². The Hall–Kier alpha value is -2.19. The molecule has 9 nitrogen and oxygen atoms in total. The molecule has 0 atom stereocenters. The summed E-state index contributed by atoms with van der Waals surface area (Å²) in [6, 6.07) is 0.172. The molecule has 3 aliphatic rings. The Morgan fingerprint density at radius 2 is 2.00 bits per heavy atom. The van der Waals surface area contributed by atoms with E-state index in [1.807, 2.05) is 9.80 Å². The van der Waals surface area contributed by atoms with Gasteiger partial charge in [-0.05, 0) is 49.0 Å². The fourth-order valence-corrected chi connectivity index (χ4v) is 4.30. The van der Waals surface area contributed by atoms with Crippen LogP contribution in [0.25, 0.3) is 0 Å². The molecular formula is C16H24N6O3. The van der Waals surface area contributed by atoms with Crippen molar-refractivity contribution in [3.63, 3.8) is 0 Å². The van der Waals surface area contributed by atoms with Gasteiger partial charge >= 0.3 is 6.09 Å². The molecule has 0 aromatic carbocycles. The molecule has 1 aromatic rings. The summed E-state index contributed by atoms with van der Waals surface area (Å²) in [4.78, 5) is 28.4. The molecule has 0 bridgehead atoms. The third kappa shape index (κ3) is 3.32. The number of rotatable bonds is 3. The number of tetrazole rings is 1. The first-order valence-corrected chi connectivity index (χ1v) is 9.13. The highest BCUT2D eigenvalue weighted by atomic mass is 16.6. The van der Waals surface area contributed by atoms with E-state index in [-0.39, 0.29) is 30.2 Å². The summed E-state index contributed by atoms with van der Waals surface area (Å²) in [6.07, 6.45) is 8.36. The maximum atomic E-state index is 12.4. The zero-order chi connectivity index (χ0) is 17.3. The average molecular weight is 348 g/mol. The van der Waals surface area contributed by atoms with Gasteiger partial charge in [-0.25, -0.2) is 9.48 Å². The number of ether oxygens (including phenoxy) is 1. The van der Waals surface area contributed by atoms with Gasteiger partial charge in [0.15, 0.2) is 0 Å². The molecule has 4 rings (SSSR count). The van der Waals surface area contributed by atoms with Gasteiger partial charge in [-0.3, -0.25) is 4.79 Å². The molecule has 2 amide bonds. The maximum absolute atomic E-state index is 12.4. The monoisotopic (exact) mass is 348 g/mol. The minimum absolute atomic E-state index is 0.0125. The van der Waals surface area contributed by atoms with Crippen LogP contribution < -0.4 is 0 Å². The predicted molar refractivity (Wildman–Crippen MR) is 86.4 cm³/mol.